The molecule has 1 aromatic rings. The minimum Gasteiger partial charge on any atom is -0.466 e. The van der Waals surface area contributed by atoms with Gasteiger partial charge in [0.05, 0.1) is 24.3 Å². The van der Waals surface area contributed by atoms with E-state index in [4.69, 9.17) is 5.26 Å². The van der Waals surface area contributed by atoms with E-state index in [2.05, 4.69) is 4.74 Å². The summed E-state index contributed by atoms with van der Waals surface area (Å²) >= 11 is 0. The number of nitriles is 1. The molecule has 2 rings (SSSR count). The Labute approximate surface area is 158 Å². The van der Waals surface area contributed by atoms with Gasteiger partial charge in [-0.15, -0.1) is 0 Å². The van der Waals surface area contributed by atoms with Crippen LogP contribution in [-0.2, 0) is 9.53 Å². The number of methoxy groups -OCH3 is 1. The van der Waals surface area contributed by atoms with E-state index in [1.807, 2.05) is 13.0 Å². The topological polar surface area (TPSA) is 70.4 Å². The Morgan fingerprint density at radius 1 is 1.37 bits per heavy atom. The monoisotopic (exact) mass is 370 g/mol. The summed E-state index contributed by atoms with van der Waals surface area (Å²) < 4.78 is 17.4. The molecule has 0 aliphatic heterocycles. The molecule has 1 fully saturated rings. The molecule has 0 radical (unpaired) electrons. The van der Waals surface area contributed by atoms with Crippen LogP contribution in [0.5, 0.6) is 0 Å². The number of nitrogens with zero attached hydrogens (tertiary/aromatic N) is 2. The van der Waals surface area contributed by atoms with Crippen molar-refractivity contribution in [3.05, 3.63) is 59.2 Å². The van der Waals surface area contributed by atoms with Crippen LogP contribution in [0.1, 0.15) is 35.7 Å². The van der Waals surface area contributed by atoms with E-state index >= 15 is 0 Å². The third-order valence-electron chi connectivity index (χ3n) is 4.44. The van der Waals surface area contributed by atoms with Crippen LogP contribution in [0.25, 0.3) is 0 Å². The molecule has 0 heterocycles. The maximum atomic E-state index is 12.9. The Morgan fingerprint density at radius 3 is 2.56 bits per heavy atom. The highest BCUT2D eigenvalue weighted by Crippen LogP contribution is 2.31. The lowest BCUT2D eigenvalue weighted by molar-refractivity contribution is -0.136. The Balaban J connectivity index is 2.15. The zero-order valence-corrected chi connectivity index (χ0v) is 15.5. The van der Waals surface area contributed by atoms with Crippen LogP contribution in [0.15, 0.2) is 48.1 Å². The van der Waals surface area contributed by atoms with Crippen molar-refractivity contribution >= 4 is 11.9 Å². The lowest BCUT2D eigenvalue weighted by Gasteiger charge is -2.27. The predicted octanol–water partition coefficient (Wildman–Crippen LogP) is 3.42. The minimum absolute atomic E-state index is 0.0758. The smallest absolute Gasteiger partial charge is 0.336 e. The van der Waals surface area contributed by atoms with Crippen LogP contribution < -0.4 is 0 Å². The number of carbonyl (C=O) groups excluding carboxylic acids is 2. The number of rotatable bonds is 8. The Hall–Kier alpha value is -2.94. The van der Waals surface area contributed by atoms with Gasteiger partial charge in [0.1, 0.15) is 6.67 Å². The third-order valence-corrected chi connectivity index (χ3v) is 4.44. The molecule has 27 heavy (non-hydrogen) atoms. The number of hydrogen-bond acceptors (Lipinski definition) is 4. The standard InChI is InChI=1S/C21H23FN2O3/c1-15(4-3-5-19(12-22)21(26)27-2)24(14-17-6-7-17)20(25)18-10-8-16(13-23)9-11-18/h3-5,8-11,15,17H,6-7,12,14H2,1-2H3/b4-3-,19-5+. The number of hydrogen-bond donors (Lipinski definition) is 0. The van der Waals surface area contributed by atoms with Gasteiger partial charge in [-0.25, -0.2) is 9.18 Å². The highest BCUT2D eigenvalue weighted by atomic mass is 19.1. The van der Waals surface area contributed by atoms with Gasteiger partial charge in [-0.3, -0.25) is 4.79 Å². The number of allylic oxidation sites excluding steroid dienone is 2. The number of esters is 1. The number of ether oxygens (including phenoxy) is 1. The minimum atomic E-state index is -0.915. The zero-order valence-electron chi connectivity index (χ0n) is 15.5. The molecule has 0 spiro atoms. The second-order valence-electron chi connectivity index (χ2n) is 6.53. The Kier molecular flexibility index (Phi) is 7.30. The van der Waals surface area contributed by atoms with Crippen LogP contribution in [-0.4, -0.2) is 43.1 Å². The van der Waals surface area contributed by atoms with Gasteiger partial charge in [0.25, 0.3) is 5.91 Å². The fourth-order valence-electron chi connectivity index (χ4n) is 2.60. The molecule has 0 bridgehead atoms. The summed E-state index contributed by atoms with van der Waals surface area (Å²) in [5.41, 5.74) is 0.942. The number of halogens is 1. The van der Waals surface area contributed by atoms with E-state index in [1.165, 1.54) is 13.2 Å². The molecule has 1 aromatic carbocycles. The molecule has 1 unspecified atom stereocenters. The first-order valence-electron chi connectivity index (χ1n) is 8.83. The average Bonchev–Trinajstić information content (AvgIpc) is 3.52. The van der Waals surface area contributed by atoms with Gasteiger partial charge in [0.2, 0.25) is 0 Å². The van der Waals surface area contributed by atoms with Crippen LogP contribution in [0.3, 0.4) is 0 Å². The summed E-state index contributed by atoms with van der Waals surface area (Å²) in [6.45, 7) is 1.60. The van der Waals surface area contributed by atoms with Crippen molar-refractivity contribution in [3.8, 4) is 6.07 Å². The zero-order chi connectivity index (χ0) is 19.8. The second kappa shape index (κ2) is 9.67. The Morgan fingerprint density at radius 2 is 2.04 bits per heavy atom. The lowest BCUT2D eigenvalue weighted by Crippen LogP contribution is -2.39. The lowest BCUT2D eigenvalue weighted by atomic mass is 10.1. The molecule has 1 aliphatic carbocycles. The Bertz CT molecular complexity index is 774. The highest BCUT2D eigenvalue weighted by molar-refractivity contribution is 5.94. The highest BCUT2D eigenvalue weighted by Gasteiger charge is 2.29. The van der Waals surface area contributed by atoms with Crippen molar-refractivity contribution in [2.24, 2.45) is 5.92 Å². The summed E-state index contributed by atoms with van der Waals surface area (Å²) in [5.74, 6) is -0.334. The summed E-state index contributed by atoms with van der Waals surface area (Å²) in [6, 6.07) is 8.34. The molecule has 0 aromatic heterocycles. The molecule has 1 aliphatic rings. The SMILES string of the molecule is COC(=O)/C(=C/C=C\C(C)N(CC1CC1)C(=O)c1ccc(C#N)cc1)CF. The molecule has 0 saturated heterocycles. The van der Waals surface area contributed by atoms with Crippen molar-refractivity contribution in [2.45, 2.75) is 25.8 Å². The average molecular weight is 370 g/mol. The fraction of sp³-hybridized carbons (Fsp3) is 0.381. The van der Waals surface area contributed by atoms with Crippen molar-refractivity contribution in [2.75, 3.05) is 20.3 Å². The van der Waals surface area contributed by atoms with Gasteiger partial charge < -0.3 is 9.64 Å². The normalized spacial score (nSPS) is 15.3. The van der Waals surface area contributed by atoms with Crippen LogP contribution in [0.2, 0.25) is 0 Å². The molecule has 6 heteroatoms. The van der Waals surface area contributed by atoms with Crippen molar-refractivity contribution in [1.82, 2.24) is 4.90 Å². The summed E-state index contributed by atoms with van der Waals surface area (Å²) in [7, 11) is 1.20. The first kappa shape index (κ1) is 20.4. The summed E-state index contributed by atoms with van der Waals surface area (Å²) in [5, 5.41) is 8.89. The second-order valence-corrected chi connectivity index (χ2v) is 6.53. The van der Waals surface area contributed by atoms with E-state index in [1.54, 1.807) is 41.3 Å². The fourth-order valence-corrected chi connectivity index (χ4v) is 2.60. The van der Waals surface area contributed by atoms with Gasteiger partial charge >= 0.3 is 5.97 Å². The number of carbonyl (C=O) groups is 2. The molecular weight excluding hydrogens is 347 g/mol. The third kappa shape index (κ3) is 5.78. The van der Waals surface area contributed by atoms with E-state index in [-0.39, 0.29) is 17.5 Å². The van der Waals surface area contributed by atoms with Gasteiger partial charge in [-0.05, 0) is 56.0 Å². The number of amides is 1. The van der Waals surface area contributed by atoms with Crippen LogP contribution in [0, 0.1) is 17.2 Å². The van der Waals surface area contributed by atoms with Gasteiger partial charge in [0.15, 0.2) is 0 Å². The van der Waals surface area contributed by atoms with Crippen LogP contribution >= 0.6 is 0 Å². The van der Waals surface area contributed by atoms with Gasteiger partial charge in [0, 0.05) is 18.2 Å². The maximum Gasteiger partial charge on any atom is 0.336 e. The van der Waals surface area contributed by atoms with Gasteiger partial charge in [-0.1, -0.05) is 12.2 Å². The first-order chi connectivity index (χ1) is 13.0. The molecule has 1 saturated carbocycles. The quantitative estimate of drug-likeness (QED) is 0.399. The van der Waals surface area contributed by atoms with E-state index in [0.717, 1.165) is 12.8 Å². The molecule has 1 amide bonds. The molecule has 0 N–H and O–H groups in total. The first-order valence-corrected chi connectivity index (χ1v) is 8.83. The van der Waals surface area contributed by atoms with Crippen molar-refractivity contribution < 1.29 is 18.7 Å². The van der Waals surface area contributed by atoms with E-state index < -0.39 is 12.6 Å². The van der Waals surface area contributed by atoms with E-state index in [0.29, 0.717) is 23.6 Å². The largest absolute Gasteiger partial charge is 0.466 e. The van der Waals surface area contributed by atoms with Gasteiger partial charge in [-0.2, -0.15) is 5.26 Å². The van der Waals surface area contributed by atoms with Crippen LogP contribution in [0.4, 0.5) is 4.39 Å². The van der Waals surface area contributed by atoms with E-state index in [9.17, 15) is 14.0 Å². The van der Waals surface area contributed by atoms with Crippen molar-refractivity contribution in [3.63, 3.8) is 0 Å². The number of benzene rings is 1. The summed E-state index contributed by atoms with van der Waals surface area (Å²) in [4.78, 5) is 26.1. The maximum absolute atomic E-state index is 12.9. The molecular formula is C21H23FN2O3. The molecule has 5 nitrogen and oxygen atoms in total. The van der Waals surface area contributed by atoms with Crippen molar-refractivity contribution in [1.29, 1.82) is 5.26 Å². The molecule has 1 atom stereocenters. The number of alkyl halides is 1. The summed E-state index contributed by atoms with van der Waals surface area (Å²) in [6.07, 6.45) is 6.89. The molecule has 142 valence electrons. The predicted molar refractivity (Wildman–Crippen MR) is 99.6 cm³/mol.